The number of hydrogen-bond donors (Lipinski definition) is 3. The molecular weight excluding hydrogens is 455 g/mol. The number of guanidine groups is 1. The van der Waals surface area contributed by atoms with Crippen molar-refractivity contribution >= 4 is 40.0 Å². The Kier molecular flexibility index (Phi) is 12.8. The van der Waals surface area contributed by atoms with E-state index in [0.29, 0.717) is 32.3 Å². The van der Waals surface area contributed by atoms with Gasteiger partial charge in [-0.3, -0.25) is 0 Å². The second-order valence-electron chi connectivity index (χ2n) is 5.10. The molecule has 1 aromatic carbocycles. The molecule has 0 aromatic heterocycles. The monoisotopic (exact) mass is 484 g/mol. The molecule has 3 N–H and O–H groups in total. The Hall–Kier alpha value is -0.910. The van der Waals surface area contributed by atoms with Gasteiger partial charge in [-0.2, -0.15) is 0 Å². The van der Waals surface area contributed by atoms with Crippen LogP contribution in [-0.2, 0) is 27.1 Å². The van der Waals surface area contributed by atoms with Gasteiger partial charge in [0.1, 0.15) is 0 Å². The van der Waals surface area contributed by atoms with E-state index in [-0.39, 0.29) is 29.7 Å². The molecular formula is C16H29IN4O3S. The number of nitrogens with one attached hydrogen (secondary N) is 3. The molecule has 0 saturated heterocycles. The number of sulfonamides is 1. The van der Waals surface area contributed by atoms with E-state index in [1.165, 1.54) is 7.05 Å². The maximum Gasteiger partial charge on any atom is 0.215 e. The number of hydrogen-bond acceptors (Lipinski definition) is 4. The normalized spacial score (nSPS) is 11.7. The van der Waals surface area contributed by atoms with Crippen LogP contribution in [0.15, 0.2) is 29.3 Å². The quantitative estimate of drug-likeness (QED) is 0.202. The number of halogens is 1. The molecule has 144 valence electrons. The first-order valence-corrected chi connectivity index (χ1v) is 9.75. The van der Waals surface area contributed by atoms with E-state index in [1.807, 2.05) is 32.0 Å². The fourth-order valence-electron chi connectivity index (χ4n) is 2.01. The van der Waals surface area contributed by atoms with E-state index in [1.54, 1.807) is 6.07 Å². The van der Waals surface area contributed by atoms with E-state index in [2.05, 4.69) is 20.3 Å². The van der Waals surface area contributed by atoms with E-state index in [9.17, 15) is 8.42 Å². The third kappa shape index (κ3) is 10.6. The number of ether oxygens (including phenoxy) is 1. The van der Waals surface area contributed by atoms with Crippen LogP contribution < -0.4 is 15.4 Å². The average Bonchev–Trinajstić information content (AvgIpc) is 2.56. The minimum Gasteiger partial charge on any atom is -0.380 e. The first kappa shape index (κ1) is 24.1. The Balaban J connectivity index is 0.00000576. The predicted molar refractivity (Wildman–Crippen MR) is 113 cm³/mol. The van der Waals surface area contributed by atoms with Crippen LogP contribution in [0.1, 0.15) is 25.0 Å². The maximum atomic E-state index is 11.6. The molecule has 0 aliphatic rings. The molecule has 1 aromatic rings. The van der Waals surface area contributed by atoms with Gasteiger partial charge in [0.05, 0.1) is 18.9 Å². The van der Waals surface area contributed by atoms with Crippen molar-refractivity contribution in [3.8, 4) is 0 Å². The molecule has 25 heavy (non-hydrogen) atoms. The van der Waals surface area contributed by atoms with Crippen LogP contribution in [-0.4, -0.2) is 47.7 Å². The van der Waals surface area contributed by atoms with Gasteiger partial charge in [-0.15, -0.1) is 24.0 Å². The molecule has 0 amide bonds. The second-order valence-corrected chi connectivity index (χ2v) is 7.03. The highest BCUT2D eigenvalue weighted by Gasteiger charge is 2.08. The molecule has 0 bridgehead atoms. The standard InChI is InChI=1S/C16H28N4O3S.HI/c1-4-18-16(19-9-10-23-5-2)20-12-14-7-6-8-15(11-14)13-24(21,22)17-3;/h6-8,11,17H,4-5,9-10,12-13H2,1-3H3,(H2,18,19,20);1H. The Labute approximate surface area is 168 Å². The van der Waals surface area contributed by atoms with Crippen molar-refractivity contribution in [2.75, 3.05) is 33.4 Å². The minimum absolute atomic E-state index is 0. The van der Waals surface area contributed by atoms with Gasteiger partial charge in [0.25, 0.3) is 0 Å². The topological polar surface area (TPSA) is 91.8 Å². The largest absolute Gasteiger partial charge is 0.380 e. The summed E-state index contributed by atoms with van der Waals surface area (Å²) in [5.41, 5.74) is 1.70. The molecule has 7 nitrogen and oxygen atoms in total. The summed E-state index contributed by atoms with van der Waals surface area (Å²) in [6.45, 7) is 7.19. The molecule has 0 saturated carbocycles. The van der Waals surface area contributed by atoms with Gasteiger partial charge in [0, 0.05) is 19.7 Å². The second kappa shape index (κ2) is 13.3. The molecule has 0 spiro atoms. The molecule has 1 rings (SSSR count). The van der Waals surface area contributed by atoms with Gasteiger partial charge in [0.15, 0.2) is 5.96 Å². The van der Waals surface area contributed by atoms with Crippen molar-refractivity contribution in [1.82, 2.24) is 15.4 Å². The lowest BCUT2D eigenvalue weighted by atomic mass is 10.1. The van der Waals surface area contributed by atoms with Crippen LogP contribution in [0.3, 0.4) is 0 Å². The molecule has 0 atom stereocenters. The fraction of sp³-hybridized carbons (Fsp3) is 0.562. The smallest absolute Gasteiger partial charge is 0.215 e. The highest BCUT2D eigenvalue weighted by atomic mass is 127. The van der Waals surface area contributed by atoms with Gasteiger partial charge in [-0.25, -0.2) is 18.1 Å². The fourth-order valence-corrected chi connectivity index (χ4v) is 2.77. The summed E-state index contributed by atoms with van der Waals surface area (Å²) in [6, 6.07) is 7.44. The van der Waals surface area contributed by atoms with Crippen molar-refractivity contribution in [3.63, 3.8) is 0 Å². The van der Waals surface area contributed by atoms with Crippen molar-refractivity contribution in [3.05, 3.63) is 35.4 Å². The summed E-state index contributed by atoms with van der Waals surface area (Å²) in [4.78, 5) is 4.51. The SMILES string of the molecule is CCNC(=NCc1cccc(CS(=O)(=O)NC)c1)NCCOCC.I. The molecule has 0 aliphatic carbocycles. The van der Waals surface area contributed by atoms with Crippen LogP contribution in [0.25, 0.3) is 0 Å². The van der Waals surface area contributed by atoms with Crippen molar-refractivity contribution < 1.29 is 13.2 Å². The highest BCUT2D eigenvalue weighted by molar-refractivity contribution is 14.0. The lowest BCUT2D eigenvalue weighted by Gasteiger charge is -2.11. The van der Waals surface area contributed by atoms with Gasteiger partial charge >= 0.3 is 0 Å². The zero-order chi connectivity index (χ0) is 17.8. The summed E-state index contributed by atoms with van der Waals surface area (Å²) >= 11 is 0. The lowest BCUT2D eigenvalue weighted by Crippen LogP contribution is -2.39. The number of aliphatic imine (C=N–C) groups is 1. The molecule has 0 heterocycles. The Morgan fingerprint density at radius 3 is 2.56 bits per heavy atom. The minimum atomic E-state index is -3.27. The van der Waals surface area contributed by atoms with Gasteiger partial charge in [-0.1, -0.05) is 24.3 Å². The maximum absolute atomic E-state index is 11.6. The van der Waals surface area contributed by atoms with E-state index in [4.69, 9.17) is 4.74 Å². The summed E-state index contributed by atoms with van der Waals surface area (Å²) in [6.07, 6.45) is 0. The first-order valence-electron chi connectivity index (χ1n) is 8.09. The number of rotatable bonds is 10. The third-order valence-corrected chi connectivity index (χ3v) is 4.50. The molecule has 0 unspecified atom stereocenters. The van der Waals surface area contributed by atoms with Crippen LogP contribution in [0.2, 0.25) is 0 Å². The van der Waals surface area contributed by atoms with Crippen molar-refractivity contribution in [2.45, 2.75) is 26.1 Å². The van der Waals surface area contributed by atoms with Crippen molar-refractivity contribution in [2.24, 2.45) is 4.99 Å². The summed E-state index contributed by atoms with van der Waals surface area (Å²) in [5, 5.41) is 6.36. The lowest BCUT2D eigenvalue weighted by molar-refractivity contribution is 0.152. The van der Waals surface area contributed by atoms with E-state index in [0.717, 1.165) is 17.7 Å². The van der Waals surface area contributed by atoms with Gasteiger partial charge < -0.3 is 15.4 Å². The Morgan fingerprint density at radius 1 is 1.20 bits per heavy atom. The Bertz CT molecular complexity index is 624. The predicted octanol–water partition coefficient (Wildman–Crippen LogP) is 1.45. The highest BCUT2D eigenvalue weighted by Crippen LogP contribution is 2.09. The Morgan fingerprint density at radius 2 is 1.92 bits per heavy atom. The molecule has 0 radical (unpaired) electrons. The van der Waals surface area contributed by atoms with Gasteiger partial charge in [-0.05, 0) is 32.0 Å². The van der Waals surface area contributed by atoms with E-state index < -0.39 is 10.0 Å². The zero-order valence-corrected chi connectivity index (χ0v) is 18.2. The summed E-state index contributed by atoms with van der Waals surface area (Å²) in [7, 11) is -1.85. The molecule has 0 fully saturated rings. The molecule has 9 heteroatoms. The van der Waals surface area contributed by atoms with Crippen LogP contribution in [0.5, 0.6) is 0 Å². The van der Waals surface area contributed by atoms with Crippen LogP contribution in [0, 0.1) is 0 Å². The average molecular weight is 484 g/mol. The summed E-state index contributed by atoms with van der Waals surface area (Å²) < 4.78 is 30.9. The van der Waals surface area contributed by atoms with Gasteiger partial charge in [0.2, 0.25) is 10.0 Å². The molecule has 0 aliphatic heterocycles. The van der Waals surface area contributed by atoms with Crippen molar-refractivity contribution in [1.29, 1.82) is 0 Å². The third-order valence-electron chi connectivity index (χ3n) is 3.17. The number of benzene rings is 1. The first-order chi connectivity index (χ1) is 11.5. The van der Waals surface area contributed by atoms with E-state index >= 15 is 0 Å². The van der Waals surface area contributed by atoms with Crippen LogP contribution >= 0.6 is 24.0 Å². The summed E-state index contributed by atoms with van der Waals surface area (Å²) in [5.74, 6) is 0.679. The number of nitrogens with zero attached hydrogens (tertiary/aromatic N) is 1. The zero-order valence-electron chi connectivity index (χ0n) is 15.0. The van der Waals surface area contributed by atoms with Crippen LogP contribution in [0.4, 0.5) is 0 Å².